The number of esters is 1. The third-order valence-corrected chi connectivity index (χ3v) is 6.72. The lowest BCUT2D eigenvalue weighted by Gasteiger charge is -2.36. The van der Waals surface area contributed by atoms with Gasteiger partial charge in [0.15, 0.2) is 0 Å². The molecule has 2 rings (SSSR count). The molecule has 2 aliphatic rings. The lowest BCUT2D eigenvalue weighted by atomic mass is 9.80. The number of carbonyl (C=O) groups excluding carboxylic acids is 1. The van der Waals surface area contributed by atoms with Crippen molar-refractivity contribution in [3.05, 3.63) is 24.7 Å². The molecule has 10 nitrogen and oxygen atoms in total. The minimum absolute atomic E-state index is 0.0585. The van der Waals surface area contributed by atoms with Gasteiger partial charge in [0.2, 0.25) is 6.23 Å². The van der Waals surface area contributed by atoms with Crippen LogP contribution in [0, 0.1) is 5.41 Å². The fourth-order valence-corrected chi connectivity index (χ4v) is 4.55. The Morgan fingerprint density at radius 1 is 1.50 bits per heavy atom. The predicted octanol–water partition coefficient (Wildman–Crippen LogP) is 1.77. The number of nitrogens with one attached hydrogen (secondary N) is 1. The van der Waals surface area contributed by atoms with Crippen LogP contribution in [0.1, 0.15) is 27.7 Å². The summed E-state index contributed by atoms with van der Waals surface area (Å²) in [5, 5.41) is 12.3. The number of halogens is 2. The number of rotatable bonds is 9. The fourth-order valence-electron chi connectivity index (χ4n) is 3.24. The molecule has 2 heterocycles. The standard InChI is InChI=1S/C19H31F2N4O6P/c1-11(2)30-16(27)12(3)24-32(6,28)29-9-14-18(5,10-26)19(20,21)17(31-14)25-8-7-15(22)23-13(25)4/h7-8,11-12,14,17,26H,4,9-10H2,1-3,5-6H3,(H2,22,23)(H,24,28)/t12-,14+,17+,18?,32?/m0/s1. The maximum Gasteiger partial charge on any atom is 0.323 e. The molecule has 0 spiro atoms. The fraction of sp³-hybridized carbons (Fsp3) is 0.684. The van der Waals surface area contributed by atoms with E-state index in [0.717, 1.165) is 11.8 Å². The van der Waals surface area contributed by atoms with E-state index in [4.69, 9.17) is 19.7 Å². The molecule has 2 unspecified atom stereocenters. The predicted molar refractivity (Wildman–Crippen MR) is 114 cm³/mol. The van der Waals surface area contributed by atoms with Gasteiger partial charge in [0.1, 0.15) is 17.7 Å². The van der Waals surface area contributed by atoms with Gasteiger partial charge in [0.05, 0.1) is 30.8 Å². The molecule has 0 aromatic rings. The van der Waals surface area contributed by atoms with Crippen molar-refractivity contribution in [1.29, 1.82) is 0 Å². The van der Waals surface area contributed by atoms with Crippen molar-refractivity contribution in [3.8, 4) is 0 Å². The first kappa shape index (κ1) is 26.4. The SMILES string of the molecule is C=C1N=C(N)C=CN1[C@@H]1O[C@H](COP(C)(=O)N[C@@H](C)C(=O)OC(C)C)C(C)(CO)C1(F)F. The topological polar surface area (TPSA) is 136 Å². The van der Waals surface area contributed by atoms with Gasteiger partial charge in [-0.1, -0.05) is 6.58 Å². The zero-order valence-corrected chi connectivity index (χ0v) is 19.6. The molecule has 182 valence electrons. The molecule has 0 aromatic carbocycles. The number of aliphatic imine (C=N–C) groups is 1. The minimum Gasteiger partial charge on any atom is -0.462 e. The average Bonchev–Trinajstić information content (AvgIpc) is 2.86. The van der Waals surface area contributed by atoms with Gasteiger partial charge in [-0.15, -0.1) is 0 Å². The largest absolute Gasteiger partial charge is 0.462 e. The van der Waals surface area contributed by atoms with Gasteiger partial charge in [0.25, 0.3) is 7.52 Å². The first-order valence-corrected chi connectivity index (χ1v) is 12.1. The summed E-state index contributed by atoms with van der Waals surface area (Å²) in [5.74, 6) is -4.16. The number of nitrogens with two attached hydrogens (primary N) is 1. The zero-order valence-electron chi connectivity index (χ0n) is 18.7. The maximum absolute atomic E-state index is 15.3. The second kappa shape index (κ2) is 9.56. The number of alkyl halides is 2. The smallest absolute Gasteiger partial charge is 0.323 e. The number of aliphatic hydroxyl groups excluding tert-OH is 1. The summed E-state index contributed by atoms with van der Waals surface area (Å²) < 4.78 is 59.4. The van der Waals surface area contributed by atoms with E-state index < -0.39 is 56.4 Å². The normalized spacial score (nSPS) is 30.2. The van der Waals surface area contributed by atoms with Crippen molar-refractivity contribution in [2.45, 2.75) is 58.1 Å². The van der Waals surface area contributed by atoms with Gasteiger partial charge in [-0.25, -0.2) is 18.9 Å². The number of nitrogens with zero attached hydrogens (tertiary/aromatic N) is 2. The molecule has 32 heavy (non-hydrogen) atoms. The van der Waals surface area contributed by atoms with Gasteiger partial charge in [0, 0.05) is 12.9 Å². The first-order chi connectivity index (χ1) is 14.6. The number of hydrogen-bond donors (Lipinski definition) is 3. The molecular weight excluding hydrogens is 449 g/mol. The van der Waals surface area contributed by atoms with Gasteiger partial charge >= 0.3 is 11.9 Å². The van der Waals surface area contributed by atoms with E-state index in [-0.39, 0.29) is 17.8 Å². The number of amidine groups is 1. The Balaban J connectivity index is 2.13. The van der Waals surface area contributed by atoms with E-state index in [0.29, 0.717) is 0 Å². The Kier molecular flexibility index (Phi) is 7.89. The van der Waals surface area contributed by atoms with E-state index in [9.17, 15) is 14.5 Å². The highest BCUT2D eigenvalue weighted by Crippen LogP contribution is 2.53. The molecule has 0 bridgehead atoms. The van der Waals surface area contributed by atoms with Crippen molar-refractivity contribution in [3.63, 3.8) is 0 Å². The van der Waals surface area contributed by atoms with Crippen LogP contribution in [0.3, 0.4) is 0 Å². The highest BCUT2D eigenvalue weighted by Gasteiger charge is 2.68. The van der Waals surface area contributed by atoms with Gasteiger partial charge in [-0.3, -0.25) is 9.36 Å². The van der Waals surface area contributed by atoms with Crippen LogP contribution in [0.2, 0.25) is 0 Å². The second-order valence-electron chi connectivity index (χ2n) is 8.33. The molecule has 4 N–H and O–H groups in total. The Hall–Kier alpha value is -1.85. The summed E-state index contributed by atoms with van der Waals surface area (Å²) >= 11 is 0. The lowest BCUT2D eigenvalue weighted by Crippen LogP contribution is -2.52. The quantitative estimate of drug-likeness (QED) is 0.333. The summed E-state index contributed by atoms with van der Waals surface area (Å²) in [7, 11) is -3.62. The van der Waals surface area contributed by atoms with E-state index in [1.165, 1.54) is 25.9 Å². The Bertz CT molecular complexity index is 852. The Morgan fingerprint density at radius 3 is 2.66 bits per heavy atom. The monoisotopic (exact) mass is 480 g/mol. The molecule has 1 saturated heterocycles. The van der Waals surface area contributed by atoms with Crippen LogP contribution in [-0.4, -0.2) is 72.1 Å². The van der Waals surface area contributed by atoms with Crippen LogP contribution in [0.5, 0.6) is 0 Å². The molecule has 0 radical (unpaired) electrons. The Morgan fingerprint density at radius 2 is 2.12 bits per heavy atom. The van der Waals surface area contributed by atoms with Crippen LogP contribution in [0.4, 0.5) is 8.78 Å². The number of aliphatic hydroxyl groups is 1. The van der Waals surface area contributed by atoms with Crippen molar-refractivity contribution in [2.24, 2.45) is 16.1 Å². The highest BCUT2D eigenvalue weighted by molar-refractivity contribution is 7.56. The lowest BCUT2D eigenvalue weighted by molar-refractivity contribution is -0.161. The van der Waals surface area contributed by atoms with Crippen molar-refractivity contribution < 1.29 is 37.2 Å². The molecule has 0 aliphatic carbocycles. The van der Waals surface area contributed by atoms with E-state index in [1.54, 1.807) is 13.8 Å². The summed E-state index contributed by atoms with van der Waals surface area (Å²) in [4.78, 5) is 16.8. The summed E-state index contributed by atoms with van der Waals surface area (Å²) in [6.07, 6.45) is -0.976. The average molecular weight is 480 g/mol. The maximum atomic E-state index is 15.3. The number of ether oxygens (including phenoxy) is 2. The van der Waals surface area contributed by atoms with E-state index in [1.807, 2.05) is 0 Å². The van der Waals surface area contributed by atoms with Crippen LogP contribution in [0.25, 0.3) is 0 Å². The van der Waals surface area contributed by atoms with Crippen molar-refractivity contribution in [1.82, 2.24) is 9.99 Å². The van der Waals surface area contributed by atoms with Crippen molar-refractivity contribution in [2.75, 3.05) is 19.9 Å². The number of carbonyl (C=O) groups is 1. The van der Waals surface area contributed by atoms with Gasteiger partial charge in [-0.2, -0.15) is 0 Å². The van der Waals surface area contributed by atoms with Crippen LogP contribution >= 0.6 is 7.52 Å². The molecule has 2 aliphatic heterocycles. The summed E-state index contributed by atoms with van der Waals surface area (Å²) in [5.41, 5.74) is 3.49. The van der Waals surface area contributed by atoms with E-state index in [2.05, 4.69) is 16.7 Å². The third-order valence-electron chi connectivity index (χ3n) is 5.22. The molecule has 0 aromatic heterocycles. The molecular formula is C19H31F2N4O6P. The Labute approximate surface area is 186 Å². The van der Waals surface area contributed by atoms with Gasteiger partial charge < -0.3 is 29.7 Å². The zero-order chi connectivity index (χ0) is 24.5. The first-order valence-electron chi connectivity index (χ1n) is 9.98. The molecule has 1 fully saturated rings. The van der Waals surface area contributed by atoms with Gasteiger partial charge in [-0.05, 0) is 33.8 Å². The van der Waals surface area contributed by atoms with Crippen LogP contribution < -0.4 is 10.8 Å². The van der Waals surface area contributed by atoms with Crippen LogP contribution in [0.15, 0.2) is 29.7 Å². The third kappa shape index (κ3) is 5.37. The van der Waals surface area contributed by atoms with Crippen molar-refractivity contribution >= 4 is 19.3 Å². The number of hydrogen-bond acceptors (Lipinski definition) is 9. The molecule has 5 atom stereocenters. The highest BCUT2D eigenvalue weighted by atomic mass is 31.2. The van der Waals surface area contributed by atoms with Crippen LogP contribution in [-0.2, 0) is 23.4 Å². The molecule has 0 amide bonds. The second-order valence-corrected chi connectivity index (χ2v) is 10.5. The molecule has 0 saturated carbocycles. The minimum atomic E-state index is -3.62. The summed E-state index contributed by atoms with van der Waals surface area (Å²) in [6, 6.07) is -0.957. The van der Waals surface area contributed by atoms with E-state index >= 15 is 8.78 Å². The molecule has 13 heteroatoms. The summed E-state index contributed by atoms with van der Waals surface area (Å²) in [6.45, 7) is 9.28.